The number of benzene rings is 1. The standard InChI is InChI=1S/C8H9NO5S/c1-14-8-4-2-7(3-5-8)6-15(12,13)9(10)11/h2-5H,6H2,1H3. The zero-order chi connectivity index (χ0) is 11.5. The first-order valence-corrected chi connectivity index (χ1v) is 5.57. The molecule has 0 saturated carbocycles. The molecular weight excluding hydrogens is 222 g/mol. The zero-order valence-electron chi connectivity index (χ0n) is 7.91. The first-order chi connectivity index (χ1) is 6.95. The van der Waals surface area contributed by atoms with Gasteiger partial charge in [0, 0.05) is 0 Å². The van der Waals surface area contributed by atoms with E-state index in [0.29, 0.717) is 11.3 Å². The molecule has 1 rings (SSSR count). The van der Waals surface area contributed by atoms with Crippen molar-refractivity contribution in [2.24, 2.45) is 0 Å². The van der Waals surface area contributed by atoms with Crippen molar-refractivity contribution >= 4 is 10.0 Å². The van der Waals surface area contributed by atoms with E-state index in [4.69, 9.17) is 4.74 Å². The molecule has 0 aliphatic carbocycles. The van der Waals surface area contributed by atoms with Gasteiger partial charge in [-0.1, -0.05) is 12.1 Å². The molecule has 0 aliphatic heterocycles. The smallest absolute Gasteiger partial charge is 0.421 e. The van der Waals surface area contributed by atoms with Crippen molar-refractivity contribution < 1.29 is 17.5 Å². The number of nitrogens with zero attached hydrogens (tertiary/aromatic N) is 1. The molecule has 7 heteroatoms. The number of methoxy groups -OCH3 is 1. The van der Waals surface area contributed by atoms with E-state index < -0.39 is 20.1 Å². The normalized spacial score (nSPS) is 11.0. The minimum Gasteiger partial charge on any atom is -0.497 e. The van der Waals surface area contributed by atoms with Gasteiger partial charge in [-0.3, -0.25) is 0 Å². The van der Waals surface area contributed by atoms with Crippen LogP contribution in [0.3, 0.4) is 0 Å². The Morgan fingerprint density at radius 2 is 1.87 bits per heavy atom. The summed E-state index contributed by atoms with van der Waals surface area (Å²) in [7, 11) is -2.81. The van der Waals surface area contributed by atoms with Crippen molar-refractivity contribution in [1.82, 2.24) is 0 Å². The largest absolute Gasteiger partial charge is 0.497 e. The van der Waals surface area contributed by atoms with E-state index in [9.17, 15) is 18.5 Å². The van der Waals surface area contributed by atoms with Crippen LogP contribution in [0.4, 0.5) is 0 Å². The Morgan fingerprint density at radius 1 is 1.33 bits per heavy atom. The maximum Gasteiger partial charge on any atom is 0.421 e. The highest BCUT2D eigenvalue weighted by Gasteiger charge is 2.23. The average Bonchev–Trinajstić information content (AvgIpc) is 2.18. The SMILES string of the molecule is COc1ccc(CS(=O)(=O)[N+](=O)[O-])cc1. The summed E-state index contributed by atoms with van der Waals surface area (Å²) in [6.07, 6.45) is 0. The van der Waals surface area contributed by atoms with Gasteiger partial charge in [0.05, 0.1) is 7.11 Å². The molecule has 15 heavy (non-hydrogen) atoms. The lowest BCUT2D eigenvalue weighted by molar-refractivity contribution is -0.305. The van der Waals surface area contributed by atoms with Gasteiger partial charge in [-0.2, -0.15) is 8.42 Å². The second kappa shape index (κ2) is 4.26. The van der Waals surface area contributed by atoms with E-state index >= 15 is 0 Å². The van der Waals surface area contributed by atoms with E-state index in [1.807, 2.05) is 0 Å². The fraction of sp³-hybridized carbons (Fsp3) is 0.250. The number of sulfonamides is 1. The molecular formula is C8H9NO5S. The number of hydrogen-bond donors (Lipinski definition) is 0. The van der Waals surface area contributed by atoms with Gasteiger partial charge >= 0.3 is 10.0 Å². The third kappa shape index (κ3) is 2.91. The molecule has 0 atom stereocenters. The van der Waals surface area contributed by atoms with Gasteiger partial charge < -0.3 is 4.74 Å². The van der Waals surface area contributed by atoms with Crippen LogP contribution < -0.4 is 4.74 Å². The zero-order valence-corrected chi connectivity index (χ0v) is 8.73. The van der Waals surface area contributed by atoms with Crippen LogP contribution in [0, 0.1) is 10.1 Å². The molecule has 0 aromatic heterocycles. The fourth-order valence-electron chi connectivity index (χ4n) is 0.985. The summed E-state index contributed by atoms with van der Waals surface area (Å²) in [6, 6.07) is 6.04. The summed E-state index contributed by atoms with van der Waals surface area (Å²) in [5.74, 6) is -0.0402. The summed E-state index contributed by atoms with van der Waals surface area (Å²) >= 11 is 0. The highest BCUT2D eigenvalue weighted by molar-refractivity contribution is 7.84. The maximum atomic E-state index is 10.9. The maximum absolute atomic E-state index is 10.9. The molecule has 0 bridgehead atoms. The van der Waals surface area contributed by atoms with Gasteiger partial charge in [0.15, 0.2) is 4.33 Å². The lowest BCUT2D eigenvalue weighted by Gasteiger charge is -2.00. The number of ether oxygens (including phenoxy) is 1. The molecule has 0 radical (unpaired) electrons. The lowest BCUT2D eigenvalue weighted by Crippen LogP contribution is -2.14. The number of rotatable bonds is 4. The Bertz CT molecular complexity index is 450. The number of nitro groups is 1. The average molecular weight is 231 g/mol. The van der Waals surface area contributed by atoms with Crippen LogP contribution in [0.2, 0.25) is 0 Å². The number of hydrogen-bond acceptors (Lipinski definition) is 5. The summed E-state index contributed by atoms with van der Waals surface area (Å²) in [5.41, 5.74) is 0.354. The molecule has 0 aliphatic rings. The van der Waals surface area contributed by atoms with E-state index in [0.717, 1.165) is 0 Å². The summed E-state index contributed by atoms with van der Waals surface area (Å²) in [6.45, 7) is 0. The summed E-state index contributed by atoms with van der Waals surface area (Å²) in [4.78, 5) is 10.1. The van der Waals surface area contributed by atoms with Crippen LogP contribution in [-0.4, -0.2) is 19.9 Å². The quantitative estimate of drug-likeness (QED) is 0.565. The Hall–Kier alpha value is -1.63. The molecule has 0 heterocycles. The fourth-order valence-corrected chi connectivity index (χ4v) is 1.70. The third-order valence-electron chi connectivity index (χ3n) is 1.74. The van der Waals surface area contributed by atoms with Gasteiger partial charge in [0.2, 0.25) is 0 Å². The molecule has 0 amide bonds. The van der Waals surface area contributed by atoms with Crippen LogP contribution in [0.5, 0.6) is 5.75 Å². The van der Waals surface area contributed by atoms with Gasteiger partial charge in [-0.05, 0) is 17.7 Å². The second-order valence-corrected chi connectivity index (χ2v) is 4.55. The monoisotopic (exact) mass is 231 g/mol. The van der Waals surface area contributed by atoms with Crippen LogP contribution >= 0.6 is 0 Å². The van der Waals surface area contributed by atoms with Crippen molar-refractivity contribution in [3.8, 4) is 5.75 Å². The van der Waals surface area contributed by atoms with Crippen molar-refractivity contribution in [3.05, 3.63) is 39.9 Å². The van der Waals surface area contributed by atoms with E-state index in [-0.39, 0.29) is 0 Å². The Labute approximate surface area is 86.7 Å². The van der Waals surface area contributed by atoms with E-state index in [1.54, 1.807) is 12.1 Å². The van der Waals surface area contributed by atoms with Crippen LogP contribution in [-0.2, 0) is 15.8 Å². The first-order valence-electron chi connectivity index (χ1n) is 3.96. The van der Waals surface area contributed by atoms with Crippen LogP contribution in [0.15, 0.2) is 24.3 Å². The Kier molecular flexibility index (Phi) is 3.25. The summed E-state index contributed by atoms with van der Waals surface area (Å²) in [5, 5.41) is 10.1. The predicted molar refractivity (Wildman–Crippen MR) is 52.6 cm³/mol. The van der Waals surface area contributed by atoms with E-state index in [1.165, 1.54) is 19.2 Å². The van der Waals surface area contributed by atoms with Crippen LogP contribution in [0.1, 0.15) is 5.56 Å². The van der Waals surface area contributed by atoms with Crippen LogP contribution in [0.25, 0.3) is 0 Å². The van der Waals surface area contributed by atoms with Gasteiger partial charge in [-0.25, -0.2) is 10.1 Å². The molecule has 0 saturated heterocycles. The third-order valence-corrected chi connectivity index (χ3v) is 2.89. The van der Waals surface area contributed by atoms with Crippen molar-refractivity contribution in [2.45, 2.75) is 5.75 Å². The molecule has 0 N–H and O–H groups in total. The lowest BCUT2D eigenvalue weighted by atomic mass is 10.2. The minimum absolute atomic E-state index is 0.354. The Morgan fingerprint density at radius 3 is 2.27 bits per heavy atom. The highest BCUT2D eigenvalue weighted by Crippen LogP contribution is 2.13. The topological polar surface area (TPSA) is 86.5 Å². The molecule has 0 fully saturated rings. The van der Waals surface area contributed by atoms with Gasteiger partial charge in [-0.15, -0.1) is 0 Å². The second-order valence-electron chi connectivity index (χ2n) is 2.80. The van der Waals surface area contributed by atoms with Crippen molar-refractivity contribution in [3.63, 3.8) is 0 Å². The molecule has 0 unspecified atom stereocenters. The van der Waals surface area contributed by atoms with Crippen molar-refractivity contribution in [2.75, 3.05) is 7.11 Å². The minimum atomic E-state index is -4.29. The highest BCUT2D eigenvalue weighted by atomic mass is 32.2. The van der Waals surface area contributed by atoms with Gasteiger partial charge in [0.1, 0.15) is 11.5 Å². The molecule has 0 spiro atoms. The predicted octanol–water partition coefficient (Wildman–Crippen LogP) is 0.802. The Balaban J connectivity index is 2.87. The molecule has 1 aromatic rings. The van der Waals surface area contributed by atoms with Gasteiger partial charge in [0.25, 0.3) is 0 Å². The molecule has 82 valence electrons. The molecule has 6 nitrogen and oxygen atoms in total. The first kappa shape index (κ1) is 11.4. The molecule has 1 aromatic carbocycles. The van der Waals surface area contributed by atoms with Crippen molar-refractivity contribution in [1.29, 1.82) is 0 Å². The summed E-state index contributed by atoms with van der Waals surface area (Å²) < 4.78 is 25.4. The van der Waals surface area contributed by atoms with E-state index in [2.05, 4.69) is 0 Å².